The number of benzene rings is 3. The number of hydrogen-bond acceptors (Lipinski definition) is 8. The van der Waals surface area contributed by atoms with Crippen molar-refractivity contribution in [2.24, 2.45) is 0 Å². The molecule has 29 heavy (non-hydrogen) atoms. The number of anilines is 5. The maximum atomic E-state index is 9.02. The molecule has 0 aliphatic carbocycles. The van der Waals surface area contributed by atoms with E-state index in [0.29, 0.717) is 34.2 Å². The van der Waals surface area contributed by atoms with E-state index in [-0.39, 0.29) is 5.75 Å². The molecule has 0 heterocycles. The normalized spacial score (nSPS) is 10.6. The molecular weight excluding hydrogens is 370 g/mol. The van der Waals surface area contributed by atoms with Gasteiger partial charge >= 0.3 is 0 Å². The first-order valence-electron chi connectivity index (χ1n) is 8.75. The lowest BCUT2D eigenvalue weighted by Crippen LogP contribution is -2.10. The highest BCUT2D eigenvalue weighted by Crippen LogP contribution is 2.24. The summed E-state index contributed by atoms with van der Waals surface area (Å²) in [5.74, 6) is 0.703. The molecule has 1 unspecified atom stereocenters. The molecule has 3 aromatic rings. The van der Waals surface area contributed by atoms with E-state index in [1.165, 1.54) is 6.92 Å². The topological polar surface area (TPSA) is 180 Å². The highest BCUT2D eigenvalue weighted by Gasteiger charge is 2.02. The van der Waals surface area contributed by atoms with Crippen LogP contribution in [-0.2, 0) is 0 Å². The fourth-order valence-corrected chi connectivity index (χ4v) is 2.06. The van der Waals surface area contributed by atoms with Crippen molar-refractivity contribution in [3.8, 4) is 11.5 Å². The molecule has 1 atom stereocenters. The summed E-state index contributed by atoms with van der Waals surface area (Å²) in [7, 11) is 0. The molecule has 3 aromatic carbocycles. The summed E-state index contributed by atoms with van der Waals surface area (Å²) < 4.78 is 4.97. The molecule has 12 N–H and O–H groups in total. The van der Waals surface area contributed by atoms with Crippen molar-refractivity contribution >= 4 is 28.4 Å². The smallest absolute Gasteiger partial charge is 0.194 e. The van der Waals surface area contributed by atoms with Gasteiger partial charge in [0.1, 0.15) is 11.5 Å². The van der Waals surface area contributed by atoms with Crippen molar-refractivity contribution in [2.75, 3.05) is 28.7 Å². The lowest BCUT2D eigenvalue weighted by Gasteiger charge is -2.10. The number of rotatable bonds is 2. The zero-order chi connectivity index (χ0) is 22.0. The second-order valence-corrected chi connectivity index (χ2v) is 6.18. The van der Waals surface area contributed by atoms with E-state index >= 15 is 0 Å². The molecule has 8 heteroatoms. The fraction of sp³-hybridized carbons (Fsp3) is 0.143. The Kier molecular flexibility index (Phi) is 8.94. The number of nitrogen functional groups attached to an aromatic ring is 5. The Morgan fingerprint density at radius 1 is 0.759 bits per heavy atom. The minimum absolute atomic E-state index is 0.259. The van der Waals surface area contributed by atoms with Gasteiger partial charge in [-0.2, -0.15) is 0 Å². The van der Waals surface area contributed by atoms with Crippen LogP contribution in [0, 0.1) is 6.92 Å². The Morgan fingerprint density at radius 2 is 1.31 bits per heavy atom. The Morgan fingerprint density at radius 3 is 1.72 bits per heavy atom. The summed E-state index contributed by atoms with van der Waals surface area (Å²) in [6.07, 6.45) is -0.865. The fourth-order valence-electron chi connectivity index (χ4n) is 2.06. The first-order valence-corrected chi connectivity index (χ1v) is 8.75. The van der Waals surface area contributed by atoms with Gasteiger partial charge in [-0.25, -0.2) is 0 Å². The molecule has 0 bridgehead atoms. The average Bonchev–Trinajstić information content (AvgIpc) is 2.63. The summed E-state index contributed by atoms with van der Waals surface area (Å²) >= 11 is 0. The molecule has 156 valence electrons. The zero-order valence-corrected chi connectivity index (χ0v) is 16.5. The maximum Gasteiger partial charge on any atom is 0.194 e. The summed E-state index contributed by atoms with van der Waals surface area (Å²) in [5.41, 5.74) is 31.0. The molecule has 0 radical (unpaired) electrons. The van der Waals surface area contributed by atoms with E-state index in [2.05, 4.69) is 0 Å². The molecule has 0 aromatic heterocycles. The second-order valence-electron chi connectivity index (χ2n) is 6.18. The van der Waals surface area contributed by atoms with E-state index in [1.54, 1.807) is 61.5 Å². The van der Waals surface area contributed by atoms with Crippen LogP contribution in [0.3, 0.4) is 0 Å². The van der Waals surface area contributed by atoms with Crippen molar-refractivity contribution < 1.29 is 14.9 Å². The van der Waals surface area contributed by atoms with E-state index < -0.39 is 6.29 Å². The molecule has 0 amide bonds. The van der Waals surface area contributed by atoms with Crippen LogP contribution >= 0.6 is 0 Å². The van der Waals surface area contributed by atoms with Gasteiger partial charge in [0.25, 0.3) is 0 Å². The first kappa shape index (κ1) is 23.3. The van der Waals surface area contributed by atoms with Crippen LogP contribution in [0.25, 0.3) is 0 Å². The Bertz CT molecular complexity index is 879. The van der Waals surface area contributed by atoms with Crippen LogP contribution < -0.4 is 33.4 Å². The van der Waals surface area contributed by atoms with Crippen LogP contribution in [-0.4, -0.2) is 16.5 Å². The van der Waals surface area contributed by atoms with E-state index in [4.69, 9.17) is 43.6 Å². The largest absolute Gasteiger partial charge is 0.508 e. The maximum absolute atomic E-state index is 9.02. The van der Waals surface area contributed by atoms with Crippen LogP contribution in [0.4, 0.5) is 28.4 Å². The van der Waals surface area contributed by atoms with Crippen LogP contribution in [0.1, 0.15) is 12.5 Å². The zero-order valence-electron chi connectivity index (χ0n) is 16.5. The molecule has 0 aliphatic rings. The van der Waals surface area contributed by atoms with E-state index in [0.717, 1.165) is 5.56 Å². The standard InChI is InChI=1S/C8H12N2O2.C7H9NO.C6H8N2/c1-5(11)12-8-3-2-6(9)4-7(8)10;1-5-6(8)3-2-4-7(5)9;7-5-2-1-3-6(8)4-5/h2-5,11H,9-10H2,1H3;2-4,9H,8H2,1H3;1-4H,7-8H2. The minimum Gasteiger partial charge on any atom is -0.508 e. The Labute approximate surface area is 170 Å². The predicted molar refractivity (Wildman–Crippen MR) is 120 cm³/mol. The highest BCUT2D eigenvalue weighted by molar-refractivity contribution is 5.60. The number of hydrogen-bond donors (Lipinski definition) is 7. The third-order valence-electron chi connectivity index (χ3n) is 3.59. The number of phenols is 1. The van der Waals surface area contributed by atoms with Crippen molar-refractivity contribution in [3.63, 3.8) is 0 Å². The summed E-state index contributed by atoms with van der Waals surface area (Å²) in [6.45, 7) is 3.29. The molecule has 0 spiro atoms. The lowest BCUT2D eigenvalue weighted by molar-refractivity contribution is 0.000281. The van der Waals surface area contributed by atoms with Crippen LogP contribution in [0.15, 0.2) is 60.7 Å². The number of aliphatic hydroxyl groups excluding tert-OH is 1. The summed E-state index contributed by atoms with van der Waals surface area (Å²) in [6, 6.07) is 17.1. The number of ether oxygens (including phenoxy) is 1. The van der Waals surface area contributed by atoms with Crippen molar-refractivity contribution in [1.29, 1.82) is 0 Å². The average molecular weight is 399 g/mol. The Balaban J connectivity index is 0.000000223. The third kappa shape index (κ3) is 8.63. The second kappa shape index (κ2) is 11.2. The lowest BCUT2D eigenvalue weighted by atomic mass is 10.2. The van der Waals surface area contributed by atoms with Crippen LogP contribution in [0.5, 0.6) is 11.5 Å². The molecular formula is C21H29N5O3. The van der Waals surface area contributed by atoms with E-state index in [9.17, 15) is 0 Å². The first-order chi connectivity index (χ1) is 13.6. The quantitative estimate of drug-likeness (QED) is 0.254. The van der Waals surface area contributed by atoms with Gasteiger partial charge in [-0.05, 0) is 62.4 Å². The summed E-state index contributed by atoms with van der Waals surface area (Å²) in [5, 5.41) is 17.9. The number of aromatic hydroxyl groups is 1. The van der Waals surface area contributed by atoms with E-state index in [1.807, 2.05) is 6.07 Å². The molecule has 8 nitrogen and oxygen atoms in total. The van der Waals surface area contributed by atoms with Gasteiger partial charge < -0.3 is 43.6 Å². The van der Waals surface area contributed by atoms with Crippen molar-refractivity contribution in [3.05, 3.63) is 66.2 Å². The van der Waals surface area contributed by atoms with Gasteiger partial charge in [0, 0.05) is 28.3 Å². The predicted octanol–water partition coefficient (Wildman–Crippen LogP) is 2.70. The Hall–Kier alpha value is -3.78. The molecule has 0 saturated heterocycles. The van der Waals surface area contributed by atoms with Gasteiger partial charge in [0.15, 0.2) is 6.29 Å². The summed E-state index contributed by atoms with van der Waals surface area (Å²) in [4.78, 5) is 0. The molecule has 0 aliphatic heterocycles. The van der Waals surface area contributed by atoms with Crippen LogP contribution in [0.2, 0.25) is 0 Å². The molecule has 3 rings (SSSR count). The van der Waals surface area contributed by atoms with Gasteiger partial charge in [0.2, 0.25) is 0 Å². The van der Waals surface area contributed by atoms with Gasteiger partial charge in [0.05, 0.1) is 5.69 Å². The van der Waals surface area contributed by atoms with Gasteiger partial charge in [-0.1, -0.05) is 12.1 Å². The van der Waals surface area contributed by atoms with Crippen molar-refractivity contribution in [1.82, 2.24) is 0 Å². The number of aliphatic hydroxyl groups is 1. The number of nitrogens with two attached hydrogens (primary N) is 5. The number of phenolic OH excluding ortho intramolecular Hbond substituents is 1. The minimum atomic E-state index is -0.865. The SMILES string of the molecule is CC(O)Oc1ccc(N)cc1N.Cc1c(N)cccc1O.Nc1cccc(N)c1. The molecule has 0 fully saturated rings. The monoisotopic (exact) mass is 399 g/mol. The third-order valence-corrected chi connectivity index (χ3v) is 3.59. The van der Waals surface area contributed by atoms with Gasteiger partial charge in [-0.15, -0.1) is 0 Å². The highest BCUT2D eigenvalue weighted by atomic mass is 16.6. The van der Waals surface area contributed by atoms with Gasteiger partial charge in [-0.3, -0.25) is 0 Å². The molecule has 0 saturated carbocycles. The van der Waals surface area contributed by atoms with Crippen molar-refractivity contribution in [2.45, 2.75) is 20.1 Å².